The van der Waals surface area contributed by atoms with Crippen LogP contribution in [0.1, 0.15) is 17.3 Å². The summed E-state index contributed by atoms with van der Waals surface area (Å²) >= 11 is 0.920. The maximum Gasteiger partial charge on any atom is 0.308 e. The zero-order valence-corrected chi connectivity index (χ0v) is 13.0. The zero-order valence-electron chi connectivity index (χ0n) is 11.3. The third-order valence-electron chi connectivity index (χ3n) is 2.45. The smallest absolute Gasteiger partial charge is 0.308 e. The van der Waals surface area contributed by atoms with Crippen molar-refractivity contribution < 1.29 is 22.5 Å². The van der Waals surface area contributed by atoms with E-state index < -0.39 is 15.2 Å². The van der Waals surface area contributed by atoms with E-state index in [0.29, 0.717) is 5.56 Å². The van der Waals surface area contributed by atoms with Gasteiger partial charge in [0.1, 0.15) is 0 Å². The molecule has 116 valence electrons. The number of hydrogen-bond donors (Lipinski definition) is 1. The molecule has 0 fully saturated rings. The number of ketones is 1. The molecule has 2 aromatic rings. The van der Waals surface area contributed by atoms with Crippen molar-refractivity contribution in [3.05, 3.63) is 36.2 Å². The van der Waals surface area contributed by atoms with Gasteiger partial charge in [-0.15, -0.1) is 0 Å². The summed E-state index contributed by atoms with van der Waals surface area (Å²) in [6, 6.07) is 5.81. The Morgan fingerprint density at radius 1 is 1.27 bits per heavy atom. The van der Waals surface area contributed by atoms with Crippen molar-refractivity contribution in [2.45, 2.75) is 12.1 Å². The Balaban J connectivity index is 2.06. The molecule has 10 heteroatoms. The summed E-state index contributed by atoms with van der Waals surface area (Å²) in [5, 5.41) is 2.62. The van der Waals surface area contributed by atoms with E-state index in [9.17, 15) is 18.0 Å². The third kappa shape index (κ3) is 4.15. The van der Waals surface area contributed by atoms with Gasteiger partial charge in [-0.3, -0.25) is 14.3 Å². The van der Waals surface area contributed by atoms with Gasteiger partial charge in [0.2, 0.25) is 6.39 Å². The Kier molecular flexibility index (Phi) is 4.93. The van der Waals surface area contributed by atoms with Crippen LogP contribution in [0.5, 0.6) is 0 Å². The molecular formula is C12H11N3O5S2. The van der Waals surface area contributed by atoms with E-state index in [2.05, 4.69) is 19.4 Å². The fourth-order valence-corrected chi connectivity index (χ4v) is 2.82. The van der Waals surface area contributed by atoms with Crippen molar-refractivity contribution in [3.8, 4) is 0 Å². The predicted molar refractivity (Wildman–Crippen MR) is 79.0 cm³/mol. The lowest BCUT2D eigenvalue weighted by molar-refractivity contribution is -0.109. The standard InChI is InChI=1S/C12H11N3O5S2/c1-8(16)21-6-11(17)9-2-4-10(5-3-9)15-22(18,19)12-13-7-20-14-12/h2-5,7,15H,6H2,1H3. The Bertz CT molecular complexity index is 770. The molecule has 2 rings (SSSR count). The van der Waals surface area contributed by atoms with Gasteiger partial charge in [-0.1, -0.05) is 11.8 Å². The average Bonchev–Trinajstić information content (AvgIpc) is 3.00. The van der Waals surface area contributed by atoms with Crippen molar-refractivity contribution in [2.24, 2.45) is 0 Å². The Morgan fingerprint density at radius 3 is 2.50 bits per heavy atom. The number of nitrogens with zero attached hydrogens (tertiary/aromatic N) is 2. The van der Waals surface area contributed by atoms with Crippen LogP contribution < -0.4 is 4.72 Å². The third-order valence-corrected chi connectivity index (χ3v) is 4.43. The minimum atomic E-state index is -3.92. The first-order chi connectivity index (χ1) is 10.4. The van der Waals surface area contributed by atoms with Gasteiger partial charge in [0, 0.05) is 18.2 Å². The number of sulfonamides is 1. The number of thioether (sulfide) groups is 1. The SMILES string of the molecule is CC(=O)SCC(=O)c1ccc(NS(=O)(=O)c2ncon2)cc1. The monoisotopic (exact) mass is 341 g/mol. The molecule has 1 aromatic carbocycles. The fraction of sp³-hybridized carbons (Fsp3) is 0.167. The number of carbonyl (C=O) groups excluding carboxylic acids is 2. The van der Waals surface area contributed by atoms with E-state index in [1.54, 1.807) is 0 Å². The van der Waals surface area contributed by atoms with E-state index in [4.69, 9.17) is 0 Å². The maximum absolute atomic E-state index is 11.9. The van der Waals surface area contributed by atoms with Crippen LogP contribution in [0.25, 0.3) is 0 Å². The van der Waals surface area contributed by atoms with Crippen LogP contribution in [-0.2, 0) is 14.8 Å². The number of hydrogen-bond acceptors (Lipinski definition) is 8. The lowest BCUT2D eigenvalue weighted by Gasteiger charge is -2.05. The Labute approximate surface area is 130 Å². The van der Waals surface area contributed by atoms with Crippen LogP contribution in [0.4, 0.5) is 5.69 Å². The number of carbonyl (C=O) groups is 2. The molecular weight excluding hydrogens is 330 g/mol. The van der Waals surface area contributed by atoms with Gasteiger partial charge in [-0.25, -0.2) is 0 Å². The van der Waals surface area contributed by atoms with Gasteiger partial charge < -0.3 is 4.52 Å². The number of aromatic nitrogens is 2. The van der Waals surface area contributed by atoms with Crippen molar-refractivity contribution in [2.75, 3.05) is 10.5 Å². The maximum atomic E-state index is 11.9. The van der Waals surface area contributed by atoms with Crippen molar-refractivity contribution in [3.63, 3.8) is 0 Å². The zero-order chi connectivity index (χ0) is 16.2. The van der Waals surface area contributed by atoms with Crippen LogP contribution in [-0.4, -0.2) is 35.2 Å². The molecule has 0 saturated heterocycles. The van der Waals surface area contributed by atoms with Crippen LogP contribution in [0.2, 0.25) is 0 Å². The predicted octanol–water partition coefficient (Wildman–Crippen LogP) is 1.33. The quantitative estimate of drug-likeness (QED) is 0.782. The van der Waals surface area contributed by atoms with Crippen LogP contribution in [0.3, 0.4) is 0 Å². The van der Waals surface area contributed by atoms with E-state index in [0.717, 1.165) is 18.2 Å². The highest BCUT2D eigenvalue weighted by Crippen LogP contribution is 2.15. The molecule has 0 unspecified atom stereocenters. The minimum Gasteiger partial charge on any atom is -0.342 e. The Morgan fingerprint density at radius 2 is 1.95 bits per heavy atom. The molecule has 0 saturated carbocycles. The normalized spacial score (nSPS) is 11.1. The summed E-state index contributed by atoms with van der Waals surface area (Å²) in [5.41, 5.74) is 0.636. The van der Waals surface area contributed by atoms with Gasteiger partial charge in [0.25, 0.3) is 0 Å². The average molecular weight is 341 g/mol. The highest BCUT2D eigenvalue weighted by Gasteiger charge is 2.19. The number of Topliss-reactive ketones (excluding diaryl/α,β-unsaturated/α-hetero) is 1. The number of anilines is 1. The van der Waals surface area contributed by atoms with Gasteiger partial charge in [0.05, 0.1) is 5.75 Å². The number of benzene rings is 1. The van der Waals surface area contributed by atoms with Crippen LogP contribution in [0, 0.1) is 0 Å². The van der Waals surface area contributed by atoms with Gasteiger partial charge in [0.15, 0.2) is 10.9 Å². The molecule has 1 heterocycles. The molecule has 1 N–H and O–H groups in total. The summed E-state index contributed by atoms with van der Waals surface area (Å²) in [6.07, 6.45) is 0.906. The molecule has 0 amide bonds. The topological polar surface area (TPSA) is 119 Å². The molecule has 1 aromatic heterocycles. The summed E-state index contributed by atoms with van der Waals surface area (Å²) in [5.74, 6) is -0.170. The van der Waals surface area contributed by atoms with E-state index in [1.165, 1.54) is 31.2 Å². The first-order valence-corrected chi connectivity index (χ1v) is 8.41. The summed E-state index contributed by atoms with van der Waals surface area (Å²) in [6.45, 7) is 1.38. The lowest BCUT2D eigenvalue weighted by atomic mass is 10.1. The van der Waals surface area contributed by atoms with Gasteiger partial charge in [-0.05, 0) is 29.4 Å². The first-order valence-electron chi connectivity index (χ1n) is 5.94. The summed E-state index contributed by atoms with van der Waals surface area (Å²) in [7, 11) is -3.92. The van der Waals surface area contributed by atoms with Crippen molar-refractivity contribution >= 4 is 38.4 Å². The molecule has 0 aliphatic rings. The molecule has 0 spiro atoms. The molecule has 0 atom stereocenters. The molecule has 0 bridgehead atoms. The van der Waals surface area contributed by atoms with E-state index in [1.807, 2.05) is 0 Å². The number of rotatable bonds is 6. The van der Waals surface area contributed by atoms with Crippen molar-refractivity contribution in [1.29, 1.82) is 0 Å². The first kappa shape index (κ1) is 16.2. The second-order valence-electron chi connectivity index (χ2n) is 4.10. The molecule has 8 nitrogen and oxygen atoms in total. The fourth-order valence-electron chi connectivity index (χ4n) is 1.45. The van der Waals surface area contributed by atoms with Gasteiger partial charge >= 0.3 is 15.2 Å². The second kappa shape index (κ2) is 6.71. The summed E-state index contributed by atoms with van der Waals surface area (Å²) in [4.78, 5) is 26.1. The van der Waals surface area contributed by atoms with Crippen LogP contribution >= 0.6 is 11.8 Å². The largest absolute Gasteiger partial charge is 0.342 e. The number of nitrogens with one attached hydrogen (secondary N) is 1. The van der Waals surface area contributed by atoms with E-state index >= 15 is 0 Å². The summed E-state index contributed by atoms with van der Waals surface area (Å²) < 4.78 is 30.3. The highest BCUT2D eigenvalue weighted by molar-refractivity contribution is 8.14. The van der Waals surface area contributed by atoms with E-state index in [-0.39, 0.29) is 22.3 Å². The van der Waals surface area contributed by atoms with Crippen LogP contribution in [0.15, 0.2) is 40.3 Å². The van der Waals surface area contributed by atoms with Gasteiger partial charge in [-0.2, -0.15) is 13.4 Å². The molecule has 0 radical (unpaired) electrons. The molecule has 22 heavy (non-hydrogen) atoms. The lowest BCUT2D eigenvalue weighted by Crippen LogP contribution is -2.14. The minimum absolute atomic E-state index is 0.0449. The van der Waals surface area contributed by atoms with Crippen molar-refractivity contribution in [1.82, 2.24) is 10.1 Å². The molecule has 0 aliphatic heterocycles. The molecule has 0 aliphatic carbocycles. The highest BCUT2D eigenvalue weighted by atomic mass is 32.2. The Hall–Kier alpha value is -2.20. The second-order valence-corrected chi connectivity index (χ2v) is 6.83.